The van der Waals surface area contributed by atoms with Crippen LogP contribution in [-0.2, 0) is 4.84 Å². The lowest BCUT2D eigenvalue weighted by Crippen LogP contribution is -2.18. The molecule has 35 heavy (non-hydrogen) atoms. The van der Waals surface area contributed by atoms with Crippen LogP contribution in [0.4, 0.5) is 0 Å². The Balaban J connectivity index is 1.65. The van der Waals surface area contributed by atoms with Gasteiger partial charge in [0.05, 0.1) is 0 Å². The van der Waals surface area contributed by atoms with Crippen molar-refractivity contribution in [2.45, 2.75) is 26.4 Å². The highest BCUT2D eigenvalue weighted by atomic mass is 16.6. The number of hydrogen-bond donors (Lipinski definition) is 1. The molecule has 0 aliphatic heterocycles. The minimum Gasteiger partial charge on any atom is -0.508 e. The van der Waals surface area contributed by atoms with E-state index < -0.39 is 5.60 Å². The summed E-state index contributed by atoms with van der Waals surface area (Å²) in [5.74, 6) is 6.99. The summed E-state index contributed by atoms with van der Waals surface area (Å²) in [5.41, 5.74) is 2.39. The Morgan fingerprint density at radius 1 is 0.857 bits per heavy atom. The van der Waals surface area contributed by atoms with Crippen LogP contribution in [0.2, 0.25) is 0 Å². The molecule has 0 saturated carbocycles. The van der Waals surface area contributed by atoms with E-state index in [1.807, 2.05) is 87.6 Å². The van der Waals surface area contributed by atoms with E-state index in [2.05, 4.69) is 22.0 Å². The summed E-state index contributed by atoms with van der Waals surface area (Å²) in [5, 5.41) is 17.7. The molecular formula is C30H24N2O3. The Hall–Kier alpha value is -4.56. The lowest BCUT2D eigenvalue weighted by molar-refractivity contribution is -0.00585. The highest BCUT2D eigenvalue weighted by Crippen LogP contribution is 2.25. The molecule has 0 spiro atoms. The fraction of sp³-hybridized carbons (Fsp3) is 0.133. The number of benzene rings is 3. The van der Waals surface area contributed by atoms with Crippen molar-refractivity contribution in [1.29, 1.82) is 0 Å². The van der Waals surface area contributed by atoms with Crippen LogP contribution in [0.15, 0.2) is 94.6 Å². The molecule has 3 aromatic carbocycles. The lowest BCUT2D eigenvalue weighted by atomic mass is 10.1. The summed E-state index contributed by atoms with van der Waals surface area (Å²) in [4.78, 5) is 10.4. The Morgan fingerprint density at radius 3 is 2.40 bits per heavy atom. The van der Waals surface area contributed by atoms with E-state index in [-0.39, 0.29) is 5.75 Å². The molecule has 5 nitrogen and oxygen atoms in total. The molecule has 0 radical (unpaired) electrons. The average molecular weight is 461 g/mol. The quantitative estimate of drug-likeness (QED) is 0.245. The van der Waals surface area contributed by atoms with Crippen molar-refractivity contribution in [3.63, 3.8) is 0 Å². The summed E-state index contributed by atoms with van der Waals surface area (Å²) in [6.45, 7) is 5.85. The van der Waals surface area contributed by atoms with E-state index in [9.17, 15) is 5.11 Å². The summed E-state index contributed by atoms with van der Waals surface area (Å²) < 4.78 is 6.30. The van der Waals surface area contributed by atoms with Gasteiger partial charge in [0.15, 0.2) is 5.76 Å². The predicted octanol–water partition coefficient (Wildman–Crippen LogP) is 6.38. The minimum absolute atomic E-state index is 0.183. The highest BCUT2D eigenvalue weighted by molar-refractivity contribution is 5.85. The van der Waals surface area contributed by atoms with Crippen molar-refractivity contribution in [3.05, 3.63) is 102 Å². The van der Waals surface area contributed by atoms with Crippen molar-refractivity contribution >= 4 is 21.7 Å². The van der Waals surface area contributed by atoms with Crippen molar-refractivity contribution in [2.24, 2.45) is 5.16 Å². The molecule has 2 aromatic heterocycles. The number of rotatable bonds is 2. The van der Waals surface area contributed by atoms with E-state index in [1.165, 1.54) is 0 Å². The van der Waals surface area contributed by atoms with Gasteiger partial charge in [-0.3, -0.25) is 4.98 Å². The smallest absolute Gasteiger partial charge is 0.155 e. The van der Waals surface area contributed by atoms with E-state index in [0.717, 1.165) is 27.3 Å². The molecule has 5 aromatic rings. The topological polar surface area (TPSA) is 67.9 Å². The molecular weight excluding hydrogens is 436 g/mol. The molecule has 0 aliphatic rings. The summed E-state index contributed by atoms with van der Waals surface area (Å²) in [6, 6.07) is 24.5. The van der Waals surface area contributed by atoms with Gasteiger partial charge in [-0.25, -0.2) is 0 Å². The largest absolute Gasteiger partial charge is 0.508 e. The second kappa shape index (κ2) is 9.00. The third kappa shape index (κ3) is 5.18. The number of aromatic hydroxyl groups is 1. The molecule has 5 heteroatoms. The summed E-state index contributed by atoms with van der Waals surface area (Å²) >= 11 is 0. The van der Waals surface area contributed by atoms with Crippen LogP contribution < -0.4 is 5.36 Å². The molecule has 2 heterocycles. The molecule has 0 fully saturated rings. The standard InChI is InChI=1S/C30H24N2O3/c1-30(2,3)35-32-26-18-29(27-17-22-8-4-5-9-23(22)19-31-27)34-28-16-21(13-14-25(26)28)12-11-20-7-6-10-24(33)15-20/h4-10,13-19,33H,1-3H3. The summed E-state index contributed by atoms with van der Waals surface area (Å²) in [7, 11) is 0. The number of pyridine rings is 1. The fourth-order valence-corrected chi connectivity index (χ4v) is 3.58. The van der Waals surface area contributed by atoms with Crippen LogP contribution in [-0.4, -0.2) is 15.7 Å². The van der Waals surface area contributed by atoms with Crippen LogP contribution in [0, 0.1) is 11.8 Å². The molecule has 0 saturated heterocycles. The second-order valence-corrected chi connectivity index (χ2v) is 9.22. The maximum Gasteiger partial charge on any atom is 0.155 e. The number of hydrogen-bond acceptors (Lipinski definition) is 5. The SMILES string of the molecule is CC(C)(C)ON=c1cc(-c2cc3ccccc3cn2)oc2cc(C#Cc3cccc(O)c3)ccc12. The third-order valence-electron chi connectivity index (χ3n) is 5.24. The Kier molecular flexibility index (Phi) is 5.72. The maximum atomic E-state index is 9.68. The van der Waals surface area contributed by atoms with Gasteiger partial charge in [-0.15, -0.1) is 0 Å². The van der Waals surface area contributed by atoms with Gasteiger partial charge < -0.3 is 14.4 Å². The van der Waals surface area contributed by atoms with Gasteiger partial charge in [-0.2, -0.15) is 0 Å². The van der Waals surface area contributed by atoms with Gasteiger partial charge in [0.2, 0.25) is 0 Å². The van der Waals surface area contributed by atoms with Crippen LogP contribution >= 0.6 is 0 Å². The molecule has 0 bridgehead atoms. The van der Waals surface area contributed by atoms with Crippen molar-refractivity contribution in [2.75, 3.05) is 0 Å². The molecule has 0 aliphatic carbocycles. The molecule has 0 amide bonds. The first-order valence-electron chi connectivity index (χ1n) is 11.3. The summed E-state index contributed by atoms with van der Waals surface area (Å²) in [6.07, 6.45) is 1.84. The maximum absolute atomic E-state index is 9.68. The van der Waals surface area contributed by atoms with Crippen LogP contribution in [0.1, 0.15) is 31.9 Å². The zero-order chi connectivity index (χ0) is 24.4. The van der Waals surface area contributed by atoms with Crippen molar-refractivity contribution < 1.29 is 14.4 Å². The van der Waals surface area contributed by atoms with E-state index in [1.54, 1.807) is 18.2 Å². The van der Waals surface area contributed by atoms with Crippen LogP contribution in [0.3, 0.4) is 0 Å². The van der Waals surface area contributed by atoms with Crippen molar-refractivity contribution in [3.8, 4) is 29.0 Å². The van der Waals surface area contributed by atoms with Gasteiger partial charge in [-0.1, -0.05) is 47.3 Å². The van der Waals surface area contributed by atoms with E-state index in [4.69, 9.17) is 9.25 Å². The molecule has 0 unspecified atom stereocenters. The van der Waals surface area contributed by atoms with Crippen LogP contribution in [0.25, 0.3) is 33.2 Å². The van der Waals surface area contributed by atoms with Gasteiger partial charge in [0.25, 0.3) is 0 Å². The molecule has 0 atom stereocenters. The normalized spacial score (nSPS) is 11.9. The van der Waals surface area contributed by atoms with Gasteiger partial charge in [0.1, 0.15) is 28.0 Å². The first-order chi connectivity index (χ1) is 16.8. The average Bonchev–Trinajstić information content (AvgIpc) is 2.85. The molecule has 172 valence electrons. The van der Waals surface area contributed by atoms with Gasteiger partial charge >= 0.3 is 0 Å². The minimum atomic E-state index is -0.437. The zero-order valence-electron chi connectivity index (χ0n) is 19.7. The first-order valence-corrected chi connectivity index (χ1v) is 11.3. The Bertz CT molecular complexity index is 1680. The molecule has 1 N–H and O–H groups in total. The highest BCUT2D eigenvalue weighted by Gasteiger charge is 2.12. The lowest BCUT2D eigenvalue weighted by Gasteiger charge is -2.15. The monoisotopic (exact) mass is 460 g/mol. The fourth-order valence-electron chi connectivity index (χ4n) is 3.58. The number of phenolic OH excluding ortho intramolecular Hbond substituents is 1. The zero-order valence-corrected chi connectivity index (χ0v) is 19.7. The first kappa shape index (κ1) is 22.2. The number of nitrogens with zero attached hydrogens (tertiary/aromatic N) is 2. The molecule has 5 rings (SSSR count). The Morgan fingerprint density at radius 2 is 1.63 bits per heavy atom. The predicted molar refractivity (Wildman–Crippen MR) is 137 cm³/mol. The number of fused-ring (bicyclic) bond motifs is 2. The van der Waals surface area contributed by atoms with Crippen LogP contribution in [0.5, 0.6) is 5.75 Å². The van der Waals surface area contributed by atoms with E-state index >= 15 is 0 Å². The van der Waals surface area contributed by atoms with Gasteiger partial charge in [-0.05, 0) is 68.6 Å². The van der Waals surface area contributed by atoms with Crippen molar-refractivity contribution in [1.82, 2.24) is 4.98 Å². The number of aromatic nitrogens is 1. The second-order valence-electron chi connectivity index (χ2n) is 9.22. The third-order valence-corrected chi connectivity index (χ3v) is 5.24. The van der Waals surface area contributed by atoms with E-state index in [0.29, 0.717) is 22.4 Å². The van der Waals surface area contributed by atoms with Gasteiger partial charge in [0, 0.05) is 34.2 Å². The Labute approximate surface area is 203 Å². The number of phenols is 1.